The van der Waals surface area contributed by atoms with Crippen molar-refractivity contribution in [1.82, 2.24) is 0 Å². The van der Waals surface area contributed by atoms with Crippen molar-refractivity contribution in [2.45, 2.75) is 30.6 Å². The minimum atomic E-state index is -1.52. The summed E-state index contributed by atoms with van der Waals surface area (Å²) in [4.78, 5) is 11.7. The monoisotopic (exact) mass is 234 g/mol. The van der Waals surface area contributed by atoms with Gasteiger partial charge in [-0.2, -0.15) is 0 Å². The lowest BCUT2D eigenvalue weighted by molar-refractivity contribution is -0.0253. The van der Waals surface area contributed by atoms with Crippen molar-refractivity contribution < 1.29 is 19.0 Å². The van der Waals surface area contributed by atoms with Crippen molar-refractivity contribution in [2.24, 2.45) is 0 Å². The maximum absolute atomic E-state index is 13.5. The van der Waals surface area contributed by atoms with Gasteiger partial charge >= 0.3 is 5.97 Å². The molecule has 0 aromatic heterocycles. The van der Waals surface area contributed by atoms with Gasteiger partial charge in [0.25, 0.3) is 0 Å². The second kappa shape index (κ2) is 4.88. The van der Waals surface area contributed by atoms with Crippen molar-refractivity contribution in [3.8, 4) is 0 Å². The van der Waals surface area contributed by atoms with E-state index in [2.05, 4.69) is 0 Å². The normalized spacial score (nSPS) is 32.4. The molecular formula is C12H12BFO3. The van der Waals surface area contributed by atoms with Gasteiger partial charge in [0, 0.05) is 0 Å². The maximum atomic E-state index is 13.5. The van der Waals surface area contributed by atoms with Crippen molar-refractivity contribution >= 4 is 13.8 Å². The van der Waals surface area contributed by atoms with Gasteiger partial charge in [-0.25, -0.2) is 9.18 Å². The third-order valence-corrected chi connectivity index (χ3v) is 2.87. The van der Waals surface area contributed by atoms with Crippen LogP contribution >= 0.6 is 0 Å². The number of esters is 1. The Bertz CT molecular complexity index is 398. The highest BCUT2D eigenvalue weighted by Gasteiger charge is 2.43. The molecule has 1 aliphatic carbocycles. The van der Waals surface area contributed by atoms with Crippen LogP contribution in [0.2, 0.25) is 5.82 Å². The molecule has 0 aliphatic heterocycles. The van der Waals surface area contributed by atoms with Gasteiger partial charge in [-0.15, -0.1) is 0 Å². The number of halogens is 1. The van der Waals surface area contributed by atoms with E-state index in [0.717, 1.165) is 0 Å². The van der Waals surface area contributed by atoms with Crippen LogP contribution in [0.5, 0.6) is 0 Å². The summed E-state index contributed by atoms with van der Waals surface area (Å²) in [6.45, 7) is 0. The minimum Gasteiger partial charge on any atom is -0.453 e. The van der Waals surface area contributed by atoms with Crippen LogP contribution in [0.25, 0.3) is 0 Å². The highest BCUT2D eigenvalue weighted by Crippen LogP contribution is 2.33. The topological polar surface area (TPSA) is 46.5 Å². The number of alkyl halides is 1. The quantitative estimate of drug-likeness (QED) is 0.619. The van der Waals surface area contributed by atoms with E-state index in [4.69, 9.17) is 12.6 Å². The van der Waals surface area contributed by atoms with Crippen molar-refractivity contribution in [1.29, 1.82) is 0 Å². The van der Waals surface area contributed by atoms with Gasteiger partial charge in [0.1, 0.15) is 6.17 Å². The molecule has 0 spiro atoms. The smallest absolute Gasteiger partial charge is 0.338 e. The number of hydrogen-bond acceptors (Lipinski definition) is 3. The molecule has 1 aromatic carbocycles. The fourth-order valence-electron chi connectivity index (χ4n) is 1.91. The molecule has 4 unspecified atom stereocenters. The molecule has 4 atom stereocenters. The molecule has 5 heteroatoms. The first-order valence-electron chi connectivity index (χ1n) is 5.43. The van der Waals surface area contributed by atoms with Crippen LogP contribution in [0.3, 0.4) is 0 Å². The van der Waals surface area contributed by atoms with E-state index < -0.39 is 30.2 Å². The Morgan fingerprint density at radius 1 is 1.41 bits per heavy atom. The summed E-state index contributed by atoms with van der Waals surface area (Å²) in [7, 11) is 5.45. The third-order valence-electron chi connectivity index (χ3n) is 2.87. The summed E-state index contributed by atoms with van der Waals surface area (Å²) >= 11 is 0. The molecule has 2 rings (SSSR count). The van der Waals surface area contributed by atoms with E-state index in [0.29, 0.717) is 5.56 Å². The summed E-state index contributed by atoms with van der Waals surface area (Å²) in [5.41, 5.74) is 0.326. The van der Waals surface area contributed by atoms with Gasteiger partial charge in [0.2, 0.25) is 0 Å². The van der Waals surface area contributed by atoms with Crippen molar-refractivity contribution in [2.75, 3.05) is 0 Å². The molecule has 1 N–H and O–H groups in total. The highest BCUT2D eigenvalue weighted by atomic mass is 19.1. The molecule has 1 aromatic rings. The van der Waals surface area contributed by atoms with Crippen molar-refractivity contribution in [3.05, 3.63) is 35.9 Å². The third kappa shape index (κ3) is 2.49. The van der Waals surface area contributed by atoms with E-state index in [-0.39, 0.29) is 6.42 Å². The molecule has 3 nitrogen and oxygen atoms in total. The zero-order chi connectivity index (χ0) is 12.4. The van der Waals surface area contributed by atoms with E-state index in [1.807, 2.05) is 0 Å². The Morgan fingerprint density at radius 3 is 2.59 bits per heavy atom. The van der Waals surface area contributed by atoms with E-state index >= 15 is 0 Å². The Kier molecular flexibility index (Phi) is 3.47. The van der Waals surface area contributed by atoms with E-state index in [1.54, 1.807) is 30.3 Å². The Morgan fingerprint density at radius 2 is 2.06 bits per heavy atom. The molecular weight excluding hydrogens is 222 g/mol. The zero-order valence-corrected chi connectivity index (χ0v) is 9.12. The Balaban J connectivity index is 2.04. The number of hydrogen-bond donors (Lipinski definition) is 1. The highest BCUT2D eigenvalue weighted by molar-refractivity contribution is 6.12. The molecule has 88 valence electrons. The second-order valence-corrected chi connectivity index (χ2v) is 4.15. The number of carbonyl (C=O) groups is 1. The summed E-state index contributed by atoms with van der Waals surface area (Å²) in [5.74, 6) is -1.43. The first-order chi connectivity index (χ1) is 8.09. The van der Waals surface area contributed by atoms with Crippen LogP contribution in [-0.4, -0.2) is 37.3 Å². The fourth-order valence-corrected chi connectivity index (χ4v) is 1.91. The van der Waals surface area contributed by atoms with E-state index in [1.165, 1.54) is 0 Å². The maximum Gasteiger partial charge on any atom is 0.338 e. The average Bonchev–Trinajstić information content (AvgIpc) is 2.57. The summed E-state index contributed by atoms with van der Waals surface area (Å²) in [6, 6.07) is 8.25. The summed E-state index contributed by atoms with van der Waals surface area (Å²) in [6.07, 6.45) is -3.61. The molecule has 0 heterocycles. The predicted octanol–water partition coefficient (Wildman–Crippen LogP) is 1.27. The number of aliphatic hydroxyl groups is 1. The van der Waals surface area contributed by atoms with Crippen LogP contribution in [-0.2, 0) is 4.74 Å². The van der Waals surface area contributed by atoms with Crippen LogP contribution in [0.1, 0.15) is 16.8 Å². The first-order valence-corrected chi connectivity index (χ1v) is 5.43. The lowest BCUT2D eigenvalue weighted by atomic mass is 9.85. The van der Waals surface area contributed by atoms with Crippen LogP contribution in [0.15, 0.2) is 30.3 Å². The Hall–Kier alpha value is -1.36. The first kappa shape index (κ1) is 12.1. The summed E-state index contributed by atoms with van der Waals surface area (Å²) in [5, 5.41) is 9.53. The lowest BCUT2D eigenvalue weighted by Crippen LogP contribution is -2.32. The standard InChI is InChI=1S/C12H12BFO3/c13-8-6-9(15)11(10(8)14)17-12(16)7-4-2-1-3-5-7/h1-5,8-11,15H,6H2. The predicted molar refractivity (Wildman–Crippen MR) is 60.7 cm³/mol. The van der Waals surface area contributed by atoms with Gasteiger partial charge in [-0.1, -0.05) is 18.2 Å². The largest absolute Gasteiger partial charge is 0.453 e. The molecule has 1 fully saturated rings. The van der Waals surface area contributed by atoms with Gasteiger partial charge in [-0.05, 0) is 24.4 Å². The van der Waals surface area contributed by atoms with Crippen LogP contribution in [0, 0.1) is 0 Å². The number of ether oxygens (including phenoxy) is 1. The zero-order valence-electron chi connectivity index (χ0n) is 9.12. The minimum absolute atomic E-state index is 0.105. The van der Waals surface area contributed by atoms with Gasteiger partial charge in [0.15, 0.2) is 6.10 Å². The second-order valence-electron chi connectivity index (χ2n) is 4.15. The van der Waals surface area contributed by atoms with Crippen LogP contribution < -0.4 is 0 Å². The van der Waals surface area contributed by atoms with Crippen molar-refractivity contribution in [3.63, 3.8) is 0 Å². The summed E-state index contributed by atoms with van der Waals surface area (Å²) < 4.78 is 18.5. The van der Waals surface area contributed by atoms with Gasteiger partial charge in [0.05, 0.1) is 19.5 Å². The molecule has 0 amide bonds. The average molecular weight is 234 g/mol. The van der Waals surface area contributed by atoms with E-state index in [9.17, 15) is 14.3 Å². The fraction of sp³-hybridized carbons (Fsp3) is 0.417. The molecule has 0 bridgehead atoms. The molecule has 2 radical (unpaired) electrons. The molecule has 0 saturated heterocycles. The number of rotatable bonds is 2. The Labute approximate surface area is 100 Å². The lowest BCUT2D eigenvalue weighted by Gasteiger charge is -2.18. The number of benzene rings is 1. The van der Waals surface area contributed by atoms with Gasteiger partial charge in [-0.3, -0.25) is 0 Å². The SMILES string of the molecule is [B]C1CC(O)C(OC(=O)c2ccccc2)C1F. The molecule has 1 aliphatic rings. The molecule has 1 saturated carbocycles. The van der Waals surface area contributed by atoms with Crippen LogP contribution in [0.4, 0.5) is 4.39 Å². The number of aliphatic hydroxyl groups excluding tert-OH is 1. The number of carbonyl (C=O) groups excluding carboxylic acids is 1. The van der Waals surface area contributed by atoms with Gasteiger partial charge < -0.3 is 9.84 Å². The molecule has 17 heavy (non-hydrogen) atoms.